The molecule has 0 spiro atoms. The van der Waals surface area contributed by atoms with Crippen LogP contribution in [0, 0.1) is 11.7 Å². The molecule has 2 aliphatic heterocycles. The van der Waals surface area contributed by atoms with Crippen LogP contribution in [-0.4, -0.2) is 21.8 Å². The second kappa shape index (κ2) is 2.94. The van der Waals surface area contributed by atoms with E-state index in [1.807, 2.05) is 6.20 Å². The number of ether oxygens (including phenoxy) is 1. The molecule has 1 N–H and O–H groups in total. The fourth-order valence-corrected chi connectivity index (χ4v) is 3.10. The van der Waals surface area contributed by atoms with Crippen molar-refractivity contribution in [3.8, 4) is 0 Å². The first-order valence-electron chi connectivity index (χ1n) is 5.17. The third-order valence-electron chi connectivity index (χ3n) is 3.41. The molecule has 3 heterocycles. The van der Waals surface area contributed by atoms with Crippen LogP contribution < -0.4 is 0 Å². The molecule has 3 atom stereocenters. The highest BCUT2D eigenvalue weighted by Gasteiger charge is 2.42. The molecule has 0 aromatic carbocycles. The van der Waals surface area contributed by atoms with E-state index in [-0.39, 0.29) is 0 Å². The van der Waals surface area contributed by atoms with Crippen molar-refractivity contribution in [1.82, 2.24) is 9.55 Å². The number of fused-ring (bicyclic) bond motifs is 2. The number of aryl methyl sites for hydroxylation is 1. The van der Waals surface area contributed by atoms with Crippen LogP contribution in [0.2, 0.25) is 0 Å². The van der Waals surface area contributed by atoms with Gasteiger partial charge in [-0.3, -0.25) is 0 Å². The molecule has 4 heteroatoms. The third-order valence-corrected chi connectivity index (χ3v) is 3.72. The van der Waals surface area contributed by atoms with Crippen molar-refractivity contribution in [1.29, 1.82) is 0 Å². The van der Waals surface area contributed by atoms with E-state index in [9.17, 15) is 0 Å². The minimum atomic E-state index is 0.404. The molecule has 3 unspecified atom stereocenters. The predicted octanol–water partition coefficient (Wildman–Crippen LogP) is 2.35. The zero-order chi connectivity index (χ0) is 9.71. The fraction of sp³-hybridized carbons (Fsp3) is 0.700. The smallest absolute Gasteiger partial charge is 0.177 e. The Morgan fingerprint density at radius 1 is 1.57 bits per heavy atom. The van der Waals surface area contributed by atoms with Crippen LogP contribution in [0.4, 0.5) is 0 Å². The minimum absolute atomic E-state index is 0.404. The standard InChI is InChI=1S/C10H14N2OS/c1-6-5-11-10(14)12(6)8-4-7-2-3-9(8)13-7/h5,7-9H,2-4H2,1H3,(H,11,14). The van der Waals surface area contributed by atoms with Crippen molar-refractivity contribution in [2.24, 2.45) is 0 Å². The molecule has 2 fully saturated rings. The number of hydrogen-bond donors (Lipinski definition) is 1. The van der Waals surface area contributed by atoms with Gasteiger partial charge in [-0.1, -0.05) is 0 Å². The summed E-state index contributed by atoms with van der Waals surface area (Å²) in [6.45, 7) is 2.10. The zero-order valence-electron chi connectivity index (χ0n) is 8.19. The Labute approximate surface area is 88.1 Å². The number of hydrogen-bond acceptors (Lipinski definition) is 2. The Bertz CT molecular complexity index is 408. The molecule has 76 valence electrons. The molecule has 0 amide bonds. The van der Waals surface area contributed by atoms with E-state index < -0.39 is 0 Å². The Morgan fingerprint density at radius 3 is 2.93 bits per heavy atom. The van der Waals surface area contributed by atoms with E-state index >= 15 is 0 Å². The topological polar surface area (TPSA) is 29.9 Å². The molecular formula is C10H14N2OS. The summed E-state index contributed by atoms with van der Waals surface area (Å²) < 4.78 is 8.90. The van der Waals surface area contributed by atoms with Crippen molar-refractivity contribution in [2.75, 3.05) is 0 Å². The van der Waals surface area contributed by atoms with Gasteiger partial charge in [-0.05, 0) is 38.4 Å². The van der Waals surface area contributed by atoms with Gasteiger partial charge < -0.3 is 14.3 Å². The number of nitrogens with zero attached hydrogens (tertiary/aromatic N) is 1. The molecule has 1 aromatic rings. The van der Waals surface area contributed by atoms with Crippen LogP contribution >= 0.6 is 12.2 Å². The molecule has 0 aliphatic carbocycles. The summed E-state index contributed by atoms with van der Waals surface area (Å²) in [6.07, 6.45) is 6.44. The van der Waals surface area contributed by atoms with Gasteiger partial charge in [0.25, 0.3) is 0 Å². The lowest BCUT2D eigenvalue weighted by molar-refractivity contribution is 0.0934. The van der Waals surface area contributed by atoms with Crippen LogP contribution in [0.5, 0.6) is 0 Å². The highest BCUT2D eigenvalue weighted by atomic mass is 32.1. The summed E-state index contributed by atoms with van der Waals surface area (Å²) in [6, 6.07) is 0.479. The Kier molecular flexibility index (Phi) is 1.82. The highest BCUT2D eigenvalue weighted by Crippen LogP contribution is 2.42. The van der Waals surface area contributed by atoms with E-state index in [0.29, 0.717) is 18.2 Å². The third kappa shape index (κ3) is 1.10. The molecule has 2 bridgehead atoms. The second-order valence-corrected chi connectivity index (χ2v) is 4.67. The predicted molar refractivity (Wildman–Crippen MR) is 55.9 cm³/mol. The highest BCUT2D eigenvalue weighted by molar-refractivity contribution is 7.71. The van der Waals surface area contributed by atoms with Crippen LogP contribution in [-0.2, 0) is 4.74 Å². The van der Waals surface area contributed by atoms with Gasteiger partial charge in [0.1, 0.15) is 0 Å². The maximum atomic E-state index is 5.84. The van der Waals surface area contributed by atoms with Crippen molar-refractivity contribution < 1.29 is 4.74 Å². The normalized spacial score (nSPS) is 35.4. The van der Waals surface area contributed by atoms with Gasteiger partial charge in [0, 0.05) is 11.9 Å². The van der Waals surface area contributed by atoms with Crippen molar-refractivity contribution in [3.05, 3.63) is 16.7 Å². The zero-order valence-corrected chi connectivity index (χ0v) is 9.01. The van der Waals surface area contributed by atoms with Crippen LogP contribution in [0.1, 0.15) is 31.0 Å². The SMILES string of the molecule is Cc1c[nH]c(=S)n1C1CC2CCC1O2. The number of nitrogens with one attached hydrogen (secondary N) is 1. The van der Waals surface area contributed by atoms with Gasteiger partial charge in [-0.25, -0.2) is 0 Å². The molecule has 1 aromatic heterocycles. The average molecular weight is 210 g/mol. The summed E-state index contributed by atoms with van der Waals surface area (Å²) >= 11 is 5.28. The van der Waals surface area contributed by atoms with Gasteiger partial charge in [0.15, 0.2) is 4.77 Å². The maximum absolute atomic E-state index is 5.84. The van der Waals surface area contributed by atoms with Crippen LogP contribution in [0.15, 0.2) is 6.20 Å². The minimum Gasteiger partial charge on any atom is -0.373 e. The van der Waals surface area contributed by atoms with Crippen molar-refractivity contribution in [2.45, 2.75) is 44.4 Å². The second-order valence-electron chi connectivity index (χ2n) is 4.28. The average Bonchev–Trinajstić information content (AvgIpc) is 2.81. The largest absolute Gasteiger partial charge is 0.373 e. The number of aromatic nitrogens is 2. The number of aromatic amines is 1. The van der Waals surface area contributed by atoms with Gasteiger partial charge in [-0.15, -0.1) is 0 Å². The lowest BCUT2D eigenvalue weighted by Gasteiger charge is -2.21. The first-order chi connectivity index (χ1) is 6.75. The van der Waals surface area contributed by atoms with Gasteiger partial charge in [0.05, 0.1) is 18.2 Å². The first kappa shape index (κ1) is 8.68. The maximum Gasteiger partial charge on any atom is 0.177 e. The summed E-state index contributed by atoms with van der Waals surface area (Å²) in [4.78, 5) is 3.10. The summed E-state index contributed by atoms with van der Waals surface area (Å²) in [5.41, 5.74) is 1.22. The van der Waals surface area contributed by atoms with Gasteiger partial charge >= 0.3 is 0 Å². The van der Waals surface area contributed by atoms with E-state index in [1.165, 1.54) is 18.5 Å². The quantitative estimate of drug-likeness (QED) is 0.721. The lowest BCUT2D eigenvalue weighted by atomic mass is 9.95. The Morgan fingerprint density at radius 2 is 2.43 bits per heavy atom. The molecule has 14 heavy (non-hydrogen) atoms. The fourth-order valence-electron chi connectivity index (χ4n) is 2.76. The van der Waals surface area contributed by atoms with Crippen molar-refractivity contribution >= 4 is 12.2 Å². The molecule has 0 radical (unpaired) electrons. The molecule has 3 nitrogen and oxygen atoms in total. The number of H-pyrrole nitrogens is 1. The summed E-state index contributed by atoms with van der Waals surface area (Å²) in [5.74, 6) is 0. The van der Waals surface area contributed by atoms with Crippen molar-refractivity contribution in [3.63, 3.8) is 0 Å². The van der Waals surface area contributed by atoms with Crippen LogP contribution in [0.25, 0.3) is 0 Å². The number of imidazole rings is 1. The summed E-state index contributed by atoms with van der Waals surface area (Å²) in [5, 5.41) is 0. The number of rotatable bonds is 1. The van der Waals surface area contributed by atoms with E-state index in [4.69, 9.17) is 17.0 Å². The Hall–Kier alpha value is -0.610. The van der Waals surface area contributed by atoms with Gasteiger partial charge in [-0.2, -0.15) is 0 Å². The van der Waals surface area contributed by atoms with Gasteiger partial charge in [0.2, 0.25) is 0 Å². The van der Waals surface area contributed by atoms with Crippen LogP contribution in [0.3, 0.4) is 0 Å². The van der Waals surface area contributed by atoms with E-state index in [2.05, 4.69) is 16.5 Å². The molecule has 0 saturated carbocycles. The molecule has 2 aliphatic rings. The lowest BCUT2D eigenvalue weighted by Crippen LogP contribution is -2.21. The monoisotopic (exact) mass is 210 g/mol. The molecular weight excluding hydrogens is 196 g/mol. The molecule has 3 rings (SSSR count). The summed E-state index contributed by atoms with van der Waals surface area (Å²) in [7, 11) is 0. The first-order valence-corrected chi connectivity index (χ1v) is 5.58. The Balaban J connectivity index is 2.00. The molecule has 2 saturated heterocycles. The van der Waals surface area contributed by atoms with E-state index in [0.717, 1.165) is 11.2 Å². The van der Waals surface area contributed by atoms with E-state index in [1.54, 1.807) is 0 Å².